The van der Waals surface area contributed by atoms with Crippen LogP contribution in [0.2, 0.25) is 5.15 Å². The van der Waals surface area contributed by atoms with Crippen molar-refractivity contribution >= 4 is 43.9 Å². The van der Waals surface area contributed by atoms with Gasteiger partial charge >= 0.3 is 5.69 Å². The molecule has 0 saturated carbocycles. The SMILES string of the molecule is NS(=O)(=O)c1ccc(CCNc2c([N+](=O)[O-])c(Cl)nc3ccccc23)cc1. The van der Waals surface area contributed by atoms with Gasteiger partial charge < -0.3 is 5.32 Å². The molecule has 3 rings (SSSR count). The standard InChI is InChI=1S/C17H15ClN4O4S/c18-17-16(22(23)24)15(13-3-1-2-4-14(13)21-17)20-10-9-11-5-7-12(8-6-11)27(19,25)26/h1-8H,9-10H2,(H,20,21)(H2,19,25,26). The van der Waals surface area contributed by atoms with Crippen LogP contribution in [-0.4, -0.2) is 24.9 Å². The number of nitrogens with two attached hydrogens (primary N) is 1. The van der Waals surface area contributed by atoms with Crippen LogP contribution < -0.4 is 10.5 Å². The number of benzene rings is 2. The average Bonchev–Trinajstić information content (AvgIpc) is 2.60. The van der Waals surface area contributed by atoms with Crippen molar-refractivity contribution in [3.63, 3.8) is 0 Å². The van der Waals surface area contributed by atoms with Gasteiger partial charge in [-0.3, -0.25) is 10.1 Å². The highest BCUT2D eigenvalue weighted by Gasteiger charge is 2.23. The predicted octanol–water partition coefficient (Wildman–Crippen LogP) is 3.10. The second kappa shape index (κ2) is 7.47. The van der Waals surface area contributed by atoms with Crippen molar-refractivity contribution in [1.82, 2.24) is 4.98 Å². The number of primary sulfonamides is 1. The molecule has 0 radical (unpaired) electrons. The summed E-state index contributed by atoms with van der Waals surface area (Å²) in [6.07, 6.45) is 0.510. The van der Waals surface area contributed by atoms with Gasteiger partial charge in [0.25, 0.3) is 0 Å². The highest BCUT2D eigenvalue weighted by atomic mass is 35.5. The monoisotopic (exact) mass is 406 g/mol. The quantitative estimate of drug-likeness (QED) is 0.367. The molecule has 3 N–H and O–H groups in total. The molecule has 10 heteroatoms. The molecule has 1 aromatic heterocycles. The maximum atomic E-state index is 11.4. The molecule has 0 amide bonds. The van der Waals surface area contributed by atoms with Gasteiger partial charge in [-0.2, -0.15) is 0 Å². The van der Waals surface area contributed by atoms with Crippen molar-refractivity contribution in [1.29, 1.82) is 0 Å². The first-order valence-corrected chi connectivity index (χ1v) is 9.78. The van der Waals surface area contributed by atoms with E-state index in [-0.39, 0.29) is 15.7 Å². The van der Waals surface area contributed by atoms with Crippen LogP contribution in [0, 0.1) is 10.1 Å². The van der Waals surface area contributed by atoms with Gasteiger partial charge in [0.05, 0.1) is 15.3 Å². The minimum atomic E-state index is -3.74. The van der Waals surface area contributed by atoms with Crippen LogP contribution in [-0.2, 0) is 16.4 Å². The first kappa shape index (κ1) is 19.0. The number of sulfonamides is 1. The summed E-state index contributed by atoms with van der Waals surface area (Å²) >= 11 is 6.00. The van der Waals surface area contributed by atoms with Crippen LogP contribution in [0.4, 0.5) is 11.4 Å². The fourth-order valence-corrected chi connectivity index (χ4v) is 3.47. The summed E-state index contributed by atoms with van der Waals surface area (Å²) in [7, 11) is -3.74. The van der Waals surface area contributed by atoms with E-state index in [2.05, 4.69) is 10.3 Å². The molecule has 0 aliphatic heterocycles. The summed E-state index contributed by atoms with van der Waals surface area (Å²) < 4.78 is 22.6. The molecule has 0 unspecified atom stereocenters. The lowest BCUT2D eigenvalue weighted by Gasteiger charge is -2.11. The van der Waals surface area contributed by atoms with Gasteiger partial charge in [-0.15, -0.1) is 0 Å². The molecule has 0 aliphatic carbocycles. The van der Waals surface area contributed by atoms with Crippen LogP contribution in [0.5, 0.6) is 0 Å². The Bertz CT molecular complexity index is 1120. The van der Waals surface area contributed by atoms with Crippen molar-refractivity contribution in [3.05, 3.63) is 69.4 Å². The largest absolute Gasteiger partial charge is 0.378 e. The van der Waals surface area contributed by atoms with Crippen LogP contribution in [0.25, 0.3) is 10.9 Å². The van der Waals surface area contributed by atoms with Crippen molar-refractivity contribution in [2.75, 3.05) is 11.9 Å². The Morgan fingerprint density at radius 3 is 2.44 bits per heavy atom. The van der Waals surface area contributed by atoms with Crippen LogP contribution >= 0.6 is 11.6 Å². The van der Waals surface area contributed by atoms with E-state index in [0.717, 1.165) is 5.56 Å². The summed E-state index contributed by atoms with van der Waals surface area (Å²) in [5.41, 5.74) is 1.42. The van der Waals surface area contributed by atoms with E-state index in [1.54, 1.807) is 36.4 Å². The summed E-state index contributed by atoms with van der Waals surface area (Å²) in [5.74, 6) is 0. The van der Waals surface area contributed by atoms with E-state index in [4.69, 9.17) is 16.7 Å². The molecule has 3 aromatic rings. The van der Waals surface area contributed by atoms with Gasteiger partial charge in [-0.1, -0.05) is 41.9 Å². The molecule has 0 spiro atoms. The van der Waals surface area contributed by atoms with E-state index in [9.17, 15) is 18.5 Å². The van der Waals surface area contributed by atoms with Gasteiger partial charge in [-0.05, 0) is 30.2 Å². The topological polar surface area (TPSA) is 128 Å². The second-order valence-electron chi connectivity index (χ2n) is 5.77. The highest BCUT2D eigenvalue weighted by Crippen LogP contribution is 2.37. The minimum absolute atomic E-state index is 0.0294. The highest BCUT2D eigenvalue weighted by molar-refractivity contribution is 7.89. The van der Waals surface area contributed by atoms with Crippen molar-refractivity contribution in [2.45, 2.75) is 11.3 Å². The Morgan fingerprint density at radius 2 is 1.81 bits per heavy atom. The number of pyridine rings is 1. The zero-order valence-corrected chi connectivity index (χ0v) is 15.5. The number of nitrogens with one attached hydrogen (secondary N) is 1. The second-order valence-corrected chi connectivity index (χ2v) is 7.69. The number of halogens is 1. The smallest absolute Gasteiger partial charge is 0.329 e. The molecule has 140 valence electrons. The molecule has 8 nitrogen and oxygen atoms in total. The fraction of sp³-hybridized carbons (Fsp3) is 0.118. The number of nitro groups is 1. The molecule has 0 bridgehead atoms. The molecule has 0 atom stereocenters. The molecular formula is C17H15ClN4O4S. The minimum Gasteiger partial charge on any atom is -0.378 e. The lowest BCUT2D eigenvalue weighted by atomic mass is 10.1. The van der Waals surface area contributed by atoms with E-state index in [0.29, 0.717) is 29.6 Å². The number of fused-ring (bicyclic) bond motifs is 1. The van der Waals surface area contributed by atoms with Gasteiger partial charge in [0.2, 0.25) is 15.2 Å². The van der Waals surface area contributed by atoms with E-state index in [1.165, 1.54) is 12.1 Å². The average molecular weight is 407 g/mol. The first-order valence-electron chi connectivity index (χ1n) is 7.85. The summed E-state index contributed by atoms with van der Waals surface area (Å²) in [6.45, 7) is 0.375. The number of hydrogen-bond donors (Lipinski definition) is 2. The Kier molecular flexibility index (Phi) is 5.26. The molecule has 1 heterocycles. The Morgan fingerprint density at radius 1 is 1.15 bits per heavy atom. The maximum absolute atomic E-state index is 11.4. The number of hydrogen-bond acceptors (Lipinski definition) is 6. The summed E-state index contributed by atoms with van der Waals surface area (Å²) in [5, 5.41) is 20.0. The zero-order chi connectivity index (χ0) is 19.6. The molecule has 0 fully saturated rings. The maximum Gasteiger partial charge on any atom is 0.329 e. The van der Waals surface area contributed by atoms with E-state index < -0.39 is 14.9 Å². The van der Waals surface area contributed by atoms with Crippen molar-refractivity contribution < 1.29 is 13.3 Å². The van der Waals surface area contributed by atoms with Gasteiger partial charge in [-0.25, -0.2) is 18.5 Å². The lowest BCUT2D eigenvalue weighted by Crippen LogP contribution is -2.12. The Hall–Kier alpha value is -2.75. The summed E-state index contributed by atoms with van der Waals surface area (Å²) in [4.78, 5) is 15.0. The number of rotatable bonds is 6. The van der Waals surface area contributed by atoms with Crippen molar-refractivity contribution in [2.24, 2.45) is 5.14 Å². The van der Waals surface area contributed by atoms with E-state index >= 15 is 0 Å². The van der Waals surface area contributed by atoms with Crippen LogP contribution in [0.3, 0.4) is 0 Å². The first-order chi connectivity index (χ1) is 12.8. The third-order valence-corrected chi connectivity index (χ3v) is 5.17. The third kappa shape index (κ3) is 4.16. The van der Waals surface area contributed by atoms with Gasteiger partial charge in [0, 0.05) is 11.9 Å². The molecule has 0 saturated heterocycles. The zero-order valence-electron chi connectivity index (χ0n) is 13.9. The Balaban J connectivity index is 1.84. The number of nitrogens with zero attached hydrogens (tertiary/aromatic N) is 2. The van der Waals surface area contributed by atoms with Gasteiger partial charge in [0.15, 0.2) is 0 Å². The molecule has 0 aliphatic rings. The van der Waals surface area contributed by atoms with Crippen LogP contribution in [0.1, 0.15) is 5.56 Å². The normalized spacial score (nSPS) is 11.5. The predicted molar refractivity (Wildman–Crippen MR) is 103 cm³/mol. The van der Waals surface area contributed by atoms with Gasteiger partial charge in [0.1, 0.15) is 5.69 Å². The van der Waals surface area contributed by atoms with Crippen molar-refractivity contribution in [3.8, 4) is 0 Å². The van der Waals surface area contributed by atoms with E-state index in [1.807, 2.05) is 0 Å². The Labute approximate surface area is 160 Å². The van der Waals surface area contributed by atoms with Crippen LogP contribution in [0.15, 0.2) is 53.4 Å². The molecule has 2 aromatic carbocycles. The number of anilines is 1. The molecule has 27 heavy (non-hydrogen) atoms. The fourth-order valence-electron chi connectivity index (χ4n) is 2.70. The third-order valence-electron chi connectivity index (χ3n) is 3.97. The molecular weight excluding hydrogens is 392 g/mol. The lowest BCUT2D eigenvalue weighted by molar-refractivity contribution is -0.384. The number of aromatic nitrogens is 1. The summed E-state index contributed by atoms with van der Waals surface area (Å²) in [6, 6.07) is 13.1. The number of para-hydroxylation sites is 1.